The molecule has 0 bridgehead atoms. The zero-order valence-electron chi connectivity index (χ0n) is 15.7. The van der Waals surface area contributed by atoms with Crippen molar-refractivity contribution in [2.75, 3.05) is 10.2 Å². The highest BCUT2D eigenvalue weighted by molar-refractivity contribution is 6.48. The van der Waals surface area contributed by atoms with Gasteiger partial charge in [0.15, 0.2) is 0 Å². The number of rotatable bonds is 5. The Balaban J connectivity index is 1.83. The summed E-state index contributed by atoms with van der Waals surface area (Å²) in [5, 5.41) is 14.0. The van der Waals surface area contributed by atoms with E-state index in [1.807, 2.05) is 0 Å². The average Bonchev–Trinajstić information content (AvgIpc) is 3.00. The van der Waals surface area contributed by atoms with Crippen molar-refractivity contribution in [3.63, 3.8) is 0 Å². The van der Waals surface area contributed by atoms with Gasteiger partial charge in [0.2, 0.25) is 0 Å². The Kier molecular flexibility index (Phi) is 5.22. The second-order valence-electron chi connectivity index (χ2n) is 6.58. The number of nitro groups is 1. The average molecular weight is 438 g/mol. The fraction of sp³-hybridized carbons (Fsp3) is 0. The van der Waals surface area contributed by atoms with E-state index in [-0.39, 0.29) is 27.7 Å². The van der Waals surface area contributed by atoms with Crippen LogP contribution in [0.15, 0.2) is 78.5 Å². The molecule has 2 amide bonds. The number of amides is 2. The van der Waals surface area contributed by atoms with Crippen molar-refractivity contribution in [3.05, 3.63) is 105 Å². The maximum atomic E-state index is 13.3. The van der Waals surface area contributed by atoms with Crippen LogP contribution in [0.5, 0.6) is 0 Å². The number of carbonyl (C=O) groups excluding carboxylic acids is 2. The van der Waals surface area contributed by atoms with Crippen LogP contribution < -0.4 is 10.2 Å². The summed E-state index contributed by atoms with van der Waals surface area (Å²) in [5.74, 6) is -1.76. The number of nitrogens with one attached hydrogen (secondary N) is 1. The number of anilines is 2. The lowest BCUT2D eigenvalue weighted by Crippen LogP contribution is -2.32. The molecule has 9 heteroatoms. The SMILES string of the molecule is O=C1C(Nc2ccc(F)cc2)=C(c2ccc([N+](=O)[O-])cc2)C(=O)N1c1ccccc1Cl. The third kappa shape index (κ3) is 3.76. The third-order valence-corrected chi connectivity index (χ3v) is 4.98. The monoisotopic (exact) mass is 437 g/mol. The molecular formula is C22H13ClFN3O4. The largest absolute Gasteiger partial charge is 0.350 e. The molecule has 0 spiro atoms. The molecule has 1 aliphatic heterocycles. The van der Waals surface area contributed by atoms with Crippen molar-refractivity contribution >= 4 is 46.1 Å². The Morgan fingerprint density at radius 2 is 1.55 bits per heavy atom. The van der Waals surface area contributed by atoms with Crippen LogP contribution in [-0.2, 0) is 9.59 Å². The van der Waals surface area contributed by atoms with Crippen molar-refractivity contribution in [1.82, 2.24) is 0 Å². The number of nitrogens with zero attached hydrogens (tertiary/aromatic N) is 2. The number of halogens is 2. The number of non-ortho nitro benzene ring substituents is 1. The van der Waals surface area contributed by atoms with Crippen molar-refractivity contribution < 1.29 is 18.9 Å². The Morgan fingerprint density at radius 3 is 2.16 bits per heavy atom. The minimum atomic E-state index is -0.657. The summed E-state index contributed by atoms with van der Waals surface area (Å²) in [6.45, 7) is 0. The van der Waals surface area contributed by atoms with Gasteiger partial charge in [-0.1, -0.05) is 23.7 Å². The molecule has 0 saturated heterocycles. The second kappa shape index (κ2) is 8.00. The van der Waals surface area contributed by atoms with Crippen LogP contribution in [0.25, 0.3) is 5.57 Å². The van der Waals surface area contributed by atoms with Gasteiger partial charge in [0.25, 0.3) is 17.5 Å². The quantitative estimate of drug-likeness (QED) is 0.352. The standard InChI is InChI=1S/C22H13ClFN3O4/c23-17-3-1-2-4-18(17)26-21(28)19(13-5-11-16(12-6-13)27(30)31)20(22(26)29)25-15-9-7-14(24)8-10-15/h1-12,25H. The van der Waals surface area contributed by atoms with E-state index in [9.17, 15) is 24.1 Å². The van der Waals surface area contributed by atoms with Crippen molar-refractivity contribution in [1.29, 1.82) is 0 Å². The lowest BCUT2D eigenvalue weighted by Gasteiger charge is -2.16. The molecule has 4 rings (SSSR count). The van der Waals surface area contributed by atoms with Crippen LogP contribution in [0.3, 0.4) is 0 Å². The predicted molar refractivity (Wildman–Crippen MR) is 114 cm³/mol. The van der Waals surface area contributed by atoms with Crippen LogP contribution in [0.4, 0.5) is 21.5 Å². The Morgan fingerprint density at radius 1 is 0.903 bits per heavy atom. The van der Waals surface area contributed by atoms with E-state index in [0.717, 1.165) is 4.90 Å². The van der Waals surface area contributed by atoms with Crippen molar-refractivity contribution in [3.8, 4) is 0 Å². The van der Waals surface area contributed by atoms with Crippen molar-refractivity contribution in [2.24, 2.45) is 0 Å². The van der Waals surface area contributed by atoms with Gasteiger partial charge in [0.05, 0.1) is 21.2 Å². The summed E-state index contributed by atoms with van der Waals surface area (Å²) in [4.78, 5) is 37.9. The first-order chi connectivity index (χ1) is 14.9. The first-order valence-electron chi connectivity index (χ1n) is 9.02. The van der Waals surface area contributed by atoms with Crippen molar-refractivity contribution in [2.45, 2.75) is 0 Å². The molecule has 0 atom stereocenters. The van der Waals surface area contributed by atoms with Crippen LogP contribution in [-0.4, -0.2) is 16.7 Å². The number of hydrogen-bond donors (Lipinski definition) is 1. The molecule has 1 N–H and O–H groups in total. The highest BCUT2D eigenvalue weighted by Crippen LogP contribution is 2.37. The van der Waals surface area contributed by atoms with E-state index in [4.69, 9.17) is 11.6 Å². The zero-order chi connectivity index (χ0) is 22.1. The fourth-order valence-electron chi connectivity index (χ4n) is 3.19. The second-order valence-corrected chi connectivity index (χ2v) is 6.99. The number of imide groups is 1. The molecule has 0 aliphatic carbocycles. The summed E-state index contributed by atoms with van der Waals surface area (Å²) in [5.41, 5.74) is 0.710. The Bertz CT molecular complexity index is 1240. The van der Waals surface area contributed by atoms with Crippen LogP contribution in [0.2, 0.25) is 5.02 Å². The number of para-hydroxylation sites is 1. The van der Waals surface area contributed by atoms with E-state index in [2.05, 4.69) is 5.32 Å². The van der Waals surface area contributed by atoms with Gasteiger partial charge in [0, 0.05) is 17.8 Å². The minimum Gasteiger partial charge on any atom is -0.350 e. The normalized spacial score (nSPS) is 13.7. The maximum absolute atomic E-state index is 13.3. The molecule has 0 saturated carbocycles. The van der Waals surface area contributed by atoms with E-state index < -0.39 is 22.6 Å². The molecule has 1 aliphatic rings. The molecule has 0 unspecified atom stereocenters. The predicted octanol–water partition coefficient (Wildman–Crippen LogP) is 4.78. The fourth-order valence-corrected chi connectivity index (χ4v) is 3.41. The van der Waals surface area contributed by atoms with Gasteiger partial charge in [-0.05, 0) is 54.1 Å². The molecule has 3 aromatic rings. The van der Waals surface area contributed by atoms with Gasteiger partial charge in [-0.2, -0.15) is 0 Å². The summed E-state index contributed by atoms with van der Waals surface area (Å²) in [7, 11) is 0. The molecular weight excluding hydrogens is 425 g/mol. The number of benzene rings is 3. The number of hydrogen-bond acceptors (Lipinski definition) is 5. The summed E-state index contributed by atoms with van der Waals surface area (Å²) >= 11 is 6.21. The van der Waals surface area contributed by atoms with Gasteiger partial charge in [0.1, 0.15) is 11.5 Å². The van der Waals surface area contributed by atoms with Crippen LogP contribution in [0, 0.1) is 15.9 Å². The van der Waals surface area contributed by atoms with E-state index in [0.29, 0.717) is 11.3 Å². The van der Waals surface area contributed by atoms with E-state index >= 15 is 0 Å². The van der Waals surface area contributed by atoms with Crippen LogP contribution >= 0.6 is 11.6 Å². The van der Waals surface area contributed by atoms with Crippen LogP contribution in [0.1, 0.15) is 5.56 Å². The highest BCUT2D eigenvalue weighted by Gasteiger charge is 2.41. The molecule has 31 heavy (non-hydrogen) atoms. The smallest absolute Gasteiger partial charge is 0.282 e. The zero-order valence-corrected chi connectivity index (χ0v) is 16.5. The van der Waals surface area contributed by atoms with Gasteiger partial charge >= 0.3 is 0 Å². The molecule has 0 radical (unpaired) electrons. The van der Waals surface area contributed by atoms with E-state index in [1.54, 1.807) is 18.2 Å². The third-order valence-electron chi connectivity index (χ3n) is 4.66. The highest BCUT2D eigenvalue weighted by atomic mass is 35.5. The molecule has 3 aromatic carbocycles. The molecule has 154 valence electrons. The Hall–Kier alpha value is -4.04. The number of carbonyl (C=O) groups is 2. The minimum absolute atomic E-state index is 0.0177. The first kappa shape index (κ1) is 20.2. The van der Waals surface area contributed by atoms with Gasteiger partial charge in [-0.3, -0.25) is 19.7 Å². The Labute approximate surface area is 180 Å². The lowest BCUT2D eigenvalue weighted by atomic mass is 10.0. The van der Waals surface area contributed by atoms with Gasteiger partial charge in [-0.25, -0.2) is 9.29 Å². The number of nitro benzene ring substituents is 1. The van der Waals surface area contributed by atoms with Gasteiger partial charge in [-0.15, -0.1) is 0 Å². The summed E-state index contributed by atoms with van der Waals surface area (Å²) < 4.78 is 13.3. The maximum Gasteiger partial charge on any atom is 0.282 e. The molecule has 0 aromatic heterocycles. The summed E-state index contributed by atoms with van der Waals surface area (Å²) in [6.07, 6.45) is 0. The van der Waals surface area contributed by atoms with E-state index in [1.165, 1.54) is 54.6 Å². The molecule has 1 heterocycles. The molecule has 7 nitrogen and oxygen atoms in total. The first-order valence-corrected chi connectivity index (χ1v) is 9.39. The topological polar surface area (TPSA) is 92.5 Å². The van der Waals surface area contributed by atoms with Gasteiger partial charge < -0.3 is 5.32 Å². The summed E-state index contributed by atoms with van der Waals surface area (Å²) in [6, 6.07) is 16.9. The lowest BCUT2D eigenvalue weighted by molar-refractivity contribution is -0.384. The molecule has 0 fully saturated rings.